The van der Waals surface area contributed by atoms with E-state index in [4.69, 9.17) is 9.47 Å². The molecule has 104 valence electrons. The van der Waals surface area contributed by atoms with Gasteiger partial charge in [0.1, 0.15) is 11.8 Å². The molecule has 1 N–H and O–H groups in total. The molecule has 1 aromatic carbocycles. The molecule has 0 aliphatic heterocycles. The average Bonchev–Trinajstić information content (AvgIpc) is 3.26. The van der Waals surface area contributed by atoms with Crippen molar-refractivity contribution in [1.82, 2.24) is 5.32 Å². The van der Waals surface area contributed by atoms with Crippen LogP contribution in [-0.4, -0.2) is 25.7 Å². The van der Waals surface area contributed by atoms with Gasteiger partial charge in [0.05, 0.1) is 13.7 Å². The Kier molecular flexibility index (Phi) is 4.80. The number of methoxy groups -OCH3 is 1. The van der Waals surface area contributed by atoms with Crippen molar-refractivity contribution in [3.63, 3.8) is 0 Å². The van der Waals surface area contributed by atoms with Gasteiger partial charge in [0.15, 0.2) is 0 Å². The van der Waals surface area contributed by atoms with Crippen LogP contribution in [0.2, 0.25) is 0 Å². The second-order valence-electron chi connectivity index (χ2n) is 4.81. The molecular weight excluding hydrogens is 242 g/mol. The summed E-state index contributed by atoms with van der Waals surface area (Å²) in [5.74, 6) is 0.592. The monoisotopic (exact) mass is 263 g/mol. The van der Waals surface area contributed by atoms with Crippen LogP contribution in [0.5, 0.6) is 5.75 Å². The van der Waals surface area contributed by atoms with Crippen LogP contribution in [0.3, 0.4) is 0 Å². The molecule has 1 unspecified atom stereocenters. The minimum Gasteiger partial charge on any atom is -0.494 e. The van der Waals surface area contributed by atoms with Crippen LogP contribution in [-0.2, 0) is 9.53 Å². The first-order chi connectivity index (χ1) is 9.24. The molecule has 1 aliphatic rings. The van der Waals surface area contributed by atoms with Gasteiger partial charge in [-0.15, -0.1) is 0 Å². The fraction of sp³-hybridized carbons (Fsp3) is 0.533. The Balaban J connectivity index is 2.05. The molecule has 0 aromatic heterocycles. The maximum atomic E-state index is 11.8. The molecule has 2 rings (SSSR count). The van der Waals surface area contributed by atoms with E-state index in [-0.39, 0.29) is 12.0 Å². The highest BCUT2D eigenvalue weighted by atomic mass is 16.5. The van der Waals surface area contributed by atoms with E-state index in [1.807, 2.05) is 24.3 Å². The number of ether oxygens (including phenoxy) is 2. The third kappa shape index (κ3) is 3.96. The first kappa shape index (κ1) is 13.9. The van der Waals surface area contributed by atoms with Crippen molar-refractivity contribution in [3.05, 3.63) is 29.8 Å². The lowest BCUT2D eigenvalue weighted by atomic mass is 10.1. The van der Waals surface area contributed by atoms with Crippen LogP contribution >= 0.6 is 0 Å². The number of hydrogen-bond acceptors (Lipinski definition) is 4. The van der Waals surface area contributed by atoms with Gasteiger partial charge < -0.3 is 9.47 Å². The van der Waals surface area contributed by atoms with E-state index < -0.39 is 0 Å². The number of benzene rings is 1. The van der Waals surface area contributed by atoms with Crippen molar-refractivity contribution in [2.45, 2.75) is 38.3 Å². The lowest BCUT2D eigenvalue weighted by molar-refractivity contribution is -0.143. The summed E-state index contributed by atoms with van der Waals surface area (Å²) >= 11 is 0. The van der Waals surface area contributed by atoms with Crippen molar-refractivity contribution < 1.29 is 14.3 Å². The highest BCUT2D eigenvalue weighted by Gasteiger charge is 2.29. The molecule has 4 heteroatoms. The van der Waals surface area contributed by atoms with Gasteiger partial charge in [-0.2, -0.15) is 0 Å². The molecule has 1 fully saturated rings. The van der Waals surface area contributed by atoms with E-state index in [0.29, 0.717) is 12.6 Å². The lowest BCUT2D eigenvalue weighted by Crippen LogP contribution is -2.31. The van der Waals surface area contributed by atoms with Gasteiger partial charge in [0.25, 0.3) is 0 Å². The minimum atomic E-state index is -0.377. The number of hydrogen-bond donors (Lipinski definition) is 1. The molecule has 0 radical (unpaired) electrons. The zero-order valence-electron chi connectivity index (χ0n) is 11.5. The fourth-order valence-corrected chi connectivity index (χ4v) is 1.88. The molecule has 1 saturated carbocycles. The third-order valence-corrected chi connectivity index (χ3v) is 3.10. The van der Waals surface area contributed by atoms with Crippen molar-refractivity contribution in [3.8, 4) is 5.75 Å². The molecule has 0 heterocycles. The molecule has 0 amide bonds. The zero-order valence-corrected chi connectivity index (χ0v) is 11.5. The van der Waals surface area contributed by atoms with Gasteiger partial charge in [-0.3, -0.25) is 5.32 Å². The first-order valence-electron chi connectivity index (χ1n) is 6.81. The van der Waals surface area contributed by atoms with Crippen LogP contribution in [0.1, 0.15) is 37.8 Å². The second kappa shape index (κ2) is 6.57. The standard InChI is InChI=1S/C15H21NO3/c1-3-10-19-13-8-4-11(5-9-13)14(15(17)18-2)16-12-6-7-12/h4-5,8-9,12,14,16H,3,6-7,10H2,1-2H3. The predicted octanol–water partition coefficient (Wildman–Crippen LogP) is 2.44. The molecule has 0 saturated heterocycles. The van der Waals surface area contributed by atoms with E-state index in [2.05, 4.69) is 12.2 Å². The van der Waals surface area contributed by atoms with Gasteiger partial charge in [0, 0.05) is 6.04 Å². The maximum Gasteiger partial charge on any atom is 0.327 e. The summed E-state index contributed by atoms with van der Waals surface area (Å²) in [6.07, 6.45) is 3.24. The molecule has 19 heavy (non-hydrogen) atoms. The van der Waals surface area contributed by atoms with Crippen LogP contribution in [0.25, 0.3) is 0 Å². The Hall–Kier alpha value is -1.55. The summed E-state index contributed by atoms with van der Waals surface area (Å²) in [5.41, 5.74) is 0.919. The maximum absolute atomic E-state index is 11.8. The van der Waals surface area contributed by atoms with Crippen LogP contribution < -0.4 is 10.1 Å². The average molecular weight is 263 g/mol. The number of nitrogens with one attached hydrogen (secondary N) is 1. The van der Waals surface area contributed by atoms with Crippen LogP contribution in [0.4, 0.5) is 0 Å². The number of esters is 1. The number of carbonyl (C=O) groups excluding carboxylic acids is 1. The van der Waals surface area contributed by atoms with Crippen LogP contribution in [0, 0.1) is 0 Å². The van der Waals surface area contributed by atoms with E-state index in [0.717, 1.165) is 30.6 Å². The summed E-state index contributed by atoms with van der Waals surface area (Å²) in [7, 11) is 1.42. The Morgan fingerprint density at radius 1 is 1.37 bits per heavy atom. The van der Waals surface area contributed by atoms with E-state index >= 15 is 0 Å². The minimum absolute atomic E-state index is 0.242. The summed E-state index contributed by atoms with van der Waals surface area (Å²) in [6, 6.07) is 7.70. The van der Waals surface area contributed by atoms with Gasteiger partial charge in [-0.1, -0.05) is 19.1 Å². The fourth-order valence-electron chi connectivity index (χ4n) is 1.88. The summed E-state index contributed by atoms with van der Waals surface area (Å²) in [6.45, 7) is 2.78. The van der Waals surface area contributed by atoms with Gasteiger partial charge in [-0.25, -0.2) is 4.79 Å². The highest BCUT2D eigenvalue weighted by molar-refractivity contribution is 5.77. The Morgan fingerprint density at radius 3 is 2.58 bits per heavy atom. The Morgan fingerprint density at radius 2 is 2.05 bits per heavy atom. The Bertz CT molecular complexity index is 412. The highest BCUT2D eigenvalue weighted by Crippen LogP contribution is 2.26. The largest absolute Gasteiger partial charge is 0.494 e. The Labute approximate surface area is 114 Å². The topological polar surface area (TPSA) is 47.6 Å². The van der Waals surface area contributed by atoms with E-state index in [9.17, 15) is 4.79 Å². The van der Waals surface area contributed by atoms with Crippen molar-refractivity contribution in [2.75, 3.05) is 13.7 Å². The lowest BCUT2D eigenvalue weighted by Gasteiger charge is -2.17. The predicted molar refractivity (Wildman–Crippen MR) is 73.1 cm³/mol. The molecule has 0 bridgehead atoms. The van der Waals surface area contributed by atoms with E-state index in [1.165, 1.54) is 7.11 Å². The molecule has 1 aromatic rings. The summed E-state index contributed by atoms with van der Waals surface area (Å²) < 4.78 is 10.4. The molecule has 4 nitrogen and oxygen atoms in total. The van der Waals surface area contributed by atoms with Gasteiger partial charge in [-0.05, 0) is 37.0 Å². The van der Waals surface area contributed by atoms with Crippen molar-refractivity contribution >= 4 is 5.97 Å². The summed E-state index contributed by atoms with van der Waals surface area (Å²) in [4.78, 5) is 11.8. The number of carbonyl (C=O) groups is 1. The third-order valence-electron chi connectivity index (χ3n) is 3.10. The van der Waals surface area contributed by atoms with Gasteiger partial charge >= 0.3 is 5.97 Å². The van der Waals surface area contributed by atoms with Crippen molar-refractivity contribution in [2.24, 2.45) is 0 Å². The first-order valence-corrected chi connectivity index (χ1v) is 6.81. The molecule has 1 atom stereocenters. The quantitative estimate of drug-likeness (QED) is 0.768. The smallest absolute Gasteiger partial charge is 0.327 e. The molecule has 0 spiro atoms. The summed E-state index contributed by atoms with van der Waals surface area (Å²) in [5, 5.41) is 3.31. The van der Waals surface area contributed by atoms with Crippen molar-refractivity contribution in [1.29, 1.82) is 0 Å². The van der Waals surface area contributed by atoms with Crippen LogP contribution in [0.15, 0.2) is 24.3 Å². The number of rotatable bonds is 7. The second-order valence-corrected chi connectivity index (χ2v) is 4.81. The van der Waals surface area contributed by atoms with E-state index in [1.54, 1.807) is 0 Å². The van der Waals surface area contributed by atoms with Gasteiger partial charge in [0.2, 0.25) is 0 Å². The zero-order chi connectivity index (χ0) is 13.7. The normalized spacial score (nSPS) is 15.9. The SMILES string of the molecule is CCCOc1ccc(C(NC2CC2)C(=O)OC)cc1. The molecular formula is C15H21NO3. The molecule has 1 aliphatic carbocycles.